The minimum Gasteiger partial charge on any atom is -0.478 e. The number of rotatable bonds is 2. The molecule has 0 aromatic carbocycles. The maximum atomic E-state index is 5.62. The molecule has 0 unspecified atom stereocenters. The van der Waals surface area contributed by atoms with Gasteiger partial charge in [0.25, 0.3) is 11.9 Å². The molecule has 0 fully saturated rings. The highest BCUT2D eigenvalue weighted by molar-refractivity contribution is 5.34. The second kappa shape index (κ2) is 3.52. The van der Waals surface area contributed by atoms with Gasteiger partial charge in [0.2, 0.25) is 0 Å². The van der Waals surface area contributed by atoms with E-state index in [9.17, 15) is 0 Å². The van der Waals surface area contributed by atoms with E-state index in [2.05, 4.69) is 25.8 Å². The Morgan fingerprint density at radius 1 is 1.29 bits per heavy atom. The fourth-order valence-electron chi connectivity index (χ4n) is 1.10. The Hall–Kier alpha value is -1.19. The Morgan fingerprint density at radius 2 is 1.86 bits per heavy atom. The maximum Gasteiger partial charge on any atom is 0.300 e. The third-order valence-corrected chi connectivity index (χ3v) is 1.84. The average molecular weight is 198 g/mol. The third kappa shape index (κ3) is 2.00. The third-order valence-electron chi connectivity index (χ3n) is 1.84. The molecule has 1 rings (SSSR count). The first-order valence-electron chi connectivity index (χ1n) is 4.59. The van der Waals surface area contributed by atoms with Crippen molar-refractivity contribution in [2.45, 2.75) is 26.2 Å². The minimum absolute atomic E-state index is 0.0907. The van der Waals surface area contributed by atoms with E-state index in [4.69, 9.17) is 9.15 Å². The molecule has 14 heavy (non-hydrogen) atoms. The molecule has 80 valence electrons. The second-order valence-electron chi connectivity index (χ2n) is 4.48. The summed E-state index contributed by atoms with van der Waals surface area (Å²) in [6, 6.07) is 0.576. The van der Waals surface area contributed by atoms with E-state index in [-0.39, 0.29) is 5.41 Å². The highest BCUT2D eigenvalue weighted by Gasteiger charge is 2.26. The Morgan fingerprint density at radius 3 is 2.14 bits per heavy atom. The molecule has 0 N–H and O–H groups in total. The van der Waals surface area contributed by atoms with Crippen LogP contribution in [0.1, 0.15) is 26.5 Å². The van der Waals surface area contributed by atoms with E-state index >= 15 is 0 Å². The van der Waals surface area contributed by atoms with E-state index in [1.165, 1.54) is 0 Å². The van der Waals surface area contributed by atoms with Crippen molar-refractivity contribution in [3.8, 4) is 5.88 Å². The van der Waals surface area contributed by atoms with Crippen LogP contribution in [0.5, 0.6) is 5.88 Å². The highest BCUT2D eigenvalue weighted by atomic mass is 16.5. The molecule has 4 heteroatoms. The van der Waals surface area contributed by atoms with Gasteiger partial charge in [-0.15, -0.1) is 0 Å². The fraction of sp³-hybridized carbons (Fsp3) is 0.700. The van der Waals surface area contributed by atoms with Gasteiger partial charge in [-0.2, -0.15) is 4.98 Å². The number of oxazole rings is 1. The van der Waals surface area contributed by atoms with Gasteiger partial charge in [0, 0.05) is 19.5 Å². The van der Waals surface area contributed by atoms with Crippen LogP contribution in [0.25, 0.3) is 0 Å². The number of aromatic nitrogens is 1. The first-order valence-corrected chi connectivity index (χ1v) is 4.59. The summed E-state index contributed by atoms with van der Waals surface area (Å²) in [5.74, 6) is 1.35. The number of hydrogen-bond acceptors (Lipinski definition) is 4. The van der Waals surface area contributed by atoms with E-state index < -0.39 is 0 Å². The van der Waals surface area contributed by atoms with Crippen molar-refractivity contribution in [1.29, 1.82) is 0 Å². The Kier molecular flexibility index (Phi) is 2.73. The quantitative estimate of drug-likeness (QED) is 0.729. The highest BCUT2D eigenvalue weighted by Crippen LogP contribution is 2.33. The summed E-state index contributed by atoms with van der Waals surface area (Å²) in [4.78, 5) is 6.05. The zero-order valence-electron chi connectivity index (χ0n) is 9.71. The summed E-state index contributed by atoms with van der Waals surface area (Å²) in [6.07, 6.45) is 0. The predicted molar refractivity (Wildman–Crippen MR) is 56.1 cm³/mol. The van der Waals surface area contributed by atoms with Gasteiger partial charge in [0.1, 0.15) is 0 Å². The SMILES string of the molecule is COc1nc(N(C)C)oc1C(C)(C)C. The lowest BCUT2D eigenvalue weighted by Gasteiger charge is -2.15. The van der Waals surface area contributed by atoms with Gasteiger partial charge in [-0.05, 0) is 0 Å². The van der Waals surface area contributed by atoms with Gasteiger partial charge in [0.05, 0.1) is 7.11 Å². The van der Waals surface area contributed by atoms with Crippen molar-refractivity contribution < 1.29 is 9.15 Å². The number of methoxy groups -OCH3 is 1. The van der Waals surface area contributed by atoms with Crippen LogP contribution in [0.4, 0.5) is 6.01 Å². The van der Waals surface area contributed by atoms with Crippen LogP contribution < -0.4 is 9.64 Å². The van der Waals surface area contributed by atoms with E-state index in [1.54, 1.807) is 7.11 Å². The Bertz CT molecular complexity index is 310. The lowest BCUT2D eigenvalue weighted by atomic mass is 9.94. The van der Waals surface area contributed by atoms with Gasteiger partial charge in [0.15, 0.2) is 5.76 Å². The monoisotopic (exact) mass is 198 g/mol. The smallest absolute Gasteiger partial charge is 0.300 e. The second-order valence-corrected chi connectivity index (χ2v) is 4.48. The van der Waals surface area contributed by atoms with Crippen LogP contribution in [-0.2, 0) is 5.41 Å². The zero-order chi connectivity index (χ0) is 10.9. The van der Waals surface area contributed by atoms with Crippen LogP contribution in [-0.4, -0.2) is 26.2 Å². The largest absolute Gasteiger partial charge is 0.478 e. The molecule has 0 aliphatic heterocycles. The number of anilines is 1. The zero-order valence-corrected chi connectivity index (χ0v) is 9.71. The van der Waals surface area contributed by atoms with Crippen LogP contribution >= 0.6 is 0 Å². The van der Waals surface area contributed by atoms with Crippen molar-refractivity contribution in [3.63, 3.8) is 0 Å². The normalized spacial score (nSPS) is 11.6. The maximum absolute atomic E-state index is 5.62. The molecule has 0 saturated heterocycles. The molecule has 1 heterocycles. The van der Waals surface area contributed by atoms with Crippen LogP contribution in [0.2, 0.25) is 0 Å². The standard InChI is InChI=1S/C10H18N2O2/c1-10(2,3)7-8(13-6)11-9(14-7)12(4)5/h1-6H3. The van der Waals surface area contributed by atoms with Crippen LogP contribution in [0.3, 0.4) is 0 Å². The summed E-state index contributed by atoms with van der Waals surface area (Å²) < 4.78 is 10.8. The predicted octanol–water partition coefficient (Wildman–Crippen LogP) is 2.05. The van der Waals surface area contributed by atoms with Gasteiger partial charge in [-0.1, -0.05) is 20.8 Å². The molecule has 0 saturated carbocycles. The Balaban J connectivity index is 3.16. The van der Waals surface area contributed by atoms with Crippen molar-refractivity contribution in [2.24, 2.45) is 0 Å². The minimum atomic E-state index is -0.0907. The molecular formula is C10H18N2O2. The van der Waals surface area contributed by atoms with Crippen molar-refractivity contribution in [3.05, 3.63) is 5.76 Å². The van der Waals surface area contributed by atoms with E-state index in [0.717, 1.165) is 5.76 Å². The number of hydrogen-bond donors (Lipinski definition) is 0. The summed E-state index contributed by atoms with van der Waals surface area (Å²) in [6.45, 7) is 6.19. The first-order chi connectivity index (χ1) is 6.36. The molecule has 0 aliphatic rings. The number of ether oxygens (including phenoxy) is 1. The molecular weight excluding hydrogens is 180 g/mol. The molecule has 0 amide bonds. The van der Waals surface area contributed by atoms with Gasteiger partial charge < -0.3 is 14.1 Å². The lowest BCUT2D eigenvalue weighted by Crippen LogP contribution is -2.11. The number of nitrogens with zero attached hydrogens (tertiary/aromatic N) is 2. The first kappa shape index (κ1) is 10.9. The molecule has 0 bridgehead atoms. The molecule has 1 aromatic heterocycles. The Labute approximate surface area is 84.9 Å². The van der Waals surface area contributed by atoms with E-state index in [1.807, 2.05) is 19.0 Å². The van der Waals surface area contributed by atoms with Gasteiger partial charge in [-0.3, -0.25) is 0 Å². The van der Waals surface area contributed by atoms with Gasteiger partial charge in [-0.25, -0.2) is 0 Å². The topological polar surface area (TPSA) is 38.5 Å². The summed E-state index contributed by atoms with van der Waals surface area (Å²) in [7, 11) is 5.38. The van der Waals surface area contributed by atoms with Gasteiger partial charge >= 0.3 is 0 Å². The summed E-state index contributed by atoms with van der Waals surface area (Å²) in [5.41, 5.74) is -0.0907. The van der Waals surface area contributed by atoms with Crippen molar-refractivity contribution in [1.82, 2.24) is 4.98 Å². The lowest BCUT2D eigenvalue weighted by molar-refractivity contribution is 0.349. The average Bonchev–Trinajstić information content (AvgIpc) is 2.46. The summed E-state index contributed by atoms with van der Waals surface area (Å²) >= 11 is 0. The van der Waals surface area contributed by atoms with E-state index in [0.29, 0.717) is 11.9 Å². The molecule has 0 spiro atoms. The summed E-state index contributed by atoms with van der Waals surface area (Å²) in [5, 5.41) is 0. The van der Waals surface area contributed by atoms with Crippen molar-refractivity contribution in [2.75, 3.05) is 26.1 Å². The van der Waals surface area contributed by atoms with Crippen molar-refractivity contribution >= 4 is 6.01 Å². The van der Waals surface area contributed by atoms with Crippen LogP contribution in [0, 0.1) is 0 Å². The molecule has 0 atom stereocenters. The molecule has 1 aromatic rings. The van der Waals surface area contributed by atoms with Crippen LogP contribution in [0.15, 0.2) is 4.42 Å². The molecule has 4 nitrogen and oxygen atoms in total. The fourth-order valence-corrected chi connectivity index (χ4v) is 1.10. The molecule has 0 aliphatic carbocycles. The molecule has 0 radical (unpaired) electrons.